The molecule has 0 radical (unpaired) electrons. The van der Waals surface area contributed by atoms with Crippen LogP contribution in [0.25, 0.3) is 0 Å². The first-order chi connectivity index (χ1) is 6.99. The Morgan fingerprint density at radius 1 is 1.13 bits per heavy atom. The van der Waals surface area contributed by atoms with E-state index >= 15 is 0 Å². The minimum atomic E-state index is -0.367. The second-order valence-corrected chi connectivity index (χ2v) is 4.53. The van der Waals surface area contributed by atoms with Crippen molar-refractivity contribution in [2.45, 2.75) is 45.6 Å². The van der Waals surface area contributed by atoms with Crippen molar-refractivity contribution in [3.63, 3.8) is 0 Å². The second-order valence-electron chi connectivity index (χ2n) is 4.53. The zero-order valence-corrected chi connectivity index (χ0v) is 9.91. The molecule has 1 amide bonds. The molecule has 0 unspecified atom stereocenters. The van der Waals surface area contributed by atoms with Crippen LogP contribution in [0.3, 0.4) is 0 Å². The number of carbonyl (C=O) groups is 2. The normalized spacial score (nSPS) is 16.3. The van der Waals surface area contributed by atoms with Crippen LogP contribution in [0.4, 0.5) is 4.79 Å². The summed E-state index contributed by atoms with van der Waals surface area (Å²) in [5, 5.41) is 0. The van der Waals surface area contributed by atoms with E-state index in [0.717, 1.165) is 25.9 Å². The van der Waals surface area contributed by atoms with Crippen LogP contribution in [0.1, 0.15) is 40.0 Å². The van der Waals surface area contributed by atoms with Gasteiger partial charge < -0.3 is 14.4 Å². The van der Waals surface area contributed by atoms with Crippen LogP contribution in [0.15, 0.2) is 0 Å². The maximum absolute atomic E-state index is 11.5. The van der Waals surface area contributed by atoms with Gasteiger partial charge in [-0.1, -0.05) is 0 Å². The summed E-state index contributed by atoms with van der Waals surface area (Å²) in [5.74, 6) is 0. The molecule has 0 bridgehead atoms. The van der Waals surface area contributed by atoms with E-state index in [-0.39, 0.29) is 11.7 Å². The van der Waals surface area contributed by atoms with Gasteiger partial charge in [-0.25, -0.2) is 4.79 Å². The molecule has 0 aliphatic carbocycles. The van der Waals surface area contributed by atoms with Gasteiger partial charge in [-0.05, 0) is 40.0 Å². The average molecular weight is 215 g/mol. The van der Waals surface area contributed by atoms with Gasteiger partial charge in [0.05, 0.1) is 0 Å². The van der Waals surface area contributed by atoms with Crippen LogP contribution in [-0.4, -0.2) is 36.5 Å². The van der Waals surface area contributed by atoms with Crippen LogP contribution < -0.4 is 0 Å². The van der Waals surface area contributed by atoms with Crippen LogP contribution in [0, 0.1) is 0 Å². The van der Waals surface area contributed by atoms with E-state index < -0.39 is 0 Å². The van der Waals surface area contributed by atoms with E-state index in [9.17, 15) is 4.79 Å². The molecule has 0 aromatic heterocycles. The minimum Gasteiger partial charge on any atom is -0.444 e. The fourth-order valence-electron chi connectivity index (χ4n) is 1.40. The minimum absolute atomic E-state index is 0.160. The first kappa shape index (κ1) is 13.9. The molecule has 1 heterocycles. The second kappa shape index (κ2) is 6.43. The monoisotopic (exact) mass is 215 g/mol. The molecule has 0 spiro atoms. The fraction of sp³-hybridized carbons (Fsp3) is 0.818. The van der Waals surface area contributed by atoms with Crippen molar-refractivity contribution in [2.75, 3.05) is 13.1 Å². The molecule has 1 fully saturated rings. The Morgan fingerprint density at radius 2 is 1.60 bits per heavy atom. The van der Waals surface area contributed by atoms with Crippen LogP contribution in [0.5, 0.6) is 0 Å². The first-order valence-electron chi connectivity index (χ1n) is 5.26. The van der Waals surface area contributed by atoms with Gasteiger partial charge in [0.1, 0.15) is 12.4 Å². The largest absolute Gasteiger partial charge is 0.444 e. The quantitative estimate of drug-likeness (QED) is 0.622. The van der Waals surface area contributed by atoms with E-state index in [0.29, 0.717) is 0 Å². The molecule has 1 aliphatic rings. The molecule has 1 rings (SSSR count). The van der Waals surface area contributed by atoms with Gasteiger partial charge >= 0.3 is 6.09 Å². The Bertz CT molecular complexity index is 192. The highest BCUT2D eigenvalue weighted by Gasteiger charge is 2.22. The molecule has 0 aromatic rings. The lowest BCUT2D eigenvalue weighted by atomic mass is 10.1. The van der Waals surface area contributed by atoms with Crippen molar-refractivity contribution in [3.8, 4) is 0 Å². The van der Waals surface area contributed by atoms with Gasteiger partial charge in [-0.15, -0.1) is 0 Å². The van der Waals surface area contributed by atoms with Gasteiger partial charge in [0, 0.05) is 13.1 Å². The molecule has 1 aliphatic heterocycles. The Kier molecular flexibility index (Phi) is 5.97. The summed E-state index contributed by atoms with van der Waals surface area (Å²) >= 11 is 0. The molecule has 0 saturated carbocycles. The summed E-state index contributed by atoms with van der Waals surface area (Å²) in [5.41, 5.74) is -0.367. The van der Waals surface area contributed by atoms with E-state index in [2.05, 4.69) is 0 Å². The van der Waals surface area contributed by atoms with E-state index in [4.69, 9.17) is 9.53 Å². The Labute approximate surface area is 91.6 Å². The maximum Gasteiger partial charge on any atom is 0.410 e. The number of likely N-dealkylation sites (tertiary alicyclic amines) is 1. The lowest BCUT2D eigenvalue weighted by Crippen LogP contribution is -2.39. The molecule has 88 valence electrons. The average Bonchev–Trinajstić information content (AvgIpc) is 2.20. The number of carbonyl (C=O) groups excluding carboxylic acids is 2. The third-order valence-corrected chi connectivity index (χ3v) is 2.01. The van der Waals surface area contributed by atoms with Crippen molar-refractivity contribution in [2.24, 2.45) is 0 Å². The molecular weight excluding hydrogens is 194 g/mol. The van der Waals surface area contributed by atoms with Crippen LogP contribution >= 0.6 is 0 Å². The number of nitrogens with zero attached hydrogens (tertiary/aromatic N) is 1. The van der Waals surface area contributed by atoms with Crippen molar-refractivity contribution in [3.05, 3.63) is 0 Å². The van der Waals surface area contributed by atoms with Crippen molar-refractivity contribution >= 4 is 12.9 Å². The number of rotatable bonds is 0. The Hall–Kier alpha value is -1.06. The molecule has 0 atom stereocenters. The summed E-state index contributed by atoms with van der Waals surface area (Å²) in [4.78, 5) is 21.3. The lowest BCUT2D eigenvalue weighted by Gasteiger charge is -2.29. The van der Waals surface area contributed by atoms with Gasteiger partial charge in [-0.2, -0.15) is 0 Å². The smallest absolute Gasteiger partial charge is 0.410 e. The van der Waals surface area contributed by atoms with E-state index in [1.165, 1.54) is 6.42 Å². The zero-order chi connectivity index (χ0) is 11.9. The van der Waals surface area contributed by atoms with Crippen molar-refractivity contribution in [1.29, 1.82) is 0 Å². The Balaban J connectivity index is 0.000000921. The highest BCUT2D eigenvalue weighted by molar-refractivity contribution is 5.68. The van der Waals surface area contributed by atoms with Crippen molar-refractivity contribution < 1.29 is 14.3 Å². The van der Waals surface area contributed by atoms with Gasteiger partial charge in [-0.3, -0.25) is 0 Å². The fourth-order valence-corrected chi connectivity index (χ4v) is 1.40. The topological polar surface area (TPSA) is 46.6 Å². The van der Waals surface area contributed by atoms with Crippen LogP contribution in [0.2, 0.25) is 0 Å². The molecule has 1 saturated heterocycles. The zero-order valence-electron chi connectivity index (χ0n) is 9.91. The third kappa shape index (κ3) is 6.10. The third-order valence-electron chi connectivity index (χ3n) is 2.01. The number of hydrogen-bond donors (Lipinski definition) is 0. The molecule has 4 nitrogen and oxygen atoms in total. The maximum atomic E-state index is 11.5. The first-order valence-corrected chi connectivity index (χ1v) is 5.26. The summed E-state index contributed by atoms with van der Waals surface area (Å²) in [7, 11) is 0. The molecule has 4 heteroatoms. The van der Waals surface area contributed by atoms with Gasteiger partial charge in [0.15, 0.2) is 0 Å². The van der Waals surface area contributed by atoms with E-state index in [1.54, 1.807) is 4.90 Å². The predicted molar refractivity (Wildman–Crippen MR) is 58.8 cm³/mol. The summed E-state index contributed by atoms with van der Waals surface area (Å²) in [6, 6.07) is 0. The molecule has 0 aromatic carbocycles. The molecule has 15 heavy (non-hydrogen) atoms. The highest BCUT2D eigenvalue weighted by Crippen LogP contribution is 2.14. The predicted octanol–water partition coefficient (Wildman–Crippen LogP) is 2.22. The number of ether oxygens (including phenoxy) is 1. The lowest BCUT2D eigenvalue weighted by molar-refractivity contribution is -0.0980. The van der Waals surface area contributed by atoms with Crippen molar-refractivity contribution in [1.82, 2.24) is 4.90 Å². The summed E-state index contributed by atoms with van der Waals surface area (Å²) in [6.07, 6.45) is 3.30. The number of piperidine rings is 1. The SMILES string of the molecule is C=O.CC(C)(C)OC(=O)N1CCCCC1. The van der Waals surface area contributed by atoms with Crippen LogP contribution in [-0.2, 0) is 9.53 Å². The summed E-state index contributed by atoms with van der Waals surface area (Å²) < 4.78 is 5.26. The molecule has 0 N–H and O–H groups in total. The van der Waals surface area contributed by atoms with Gasteiger partial charge in [0.25, 0.3) is 0 Å². The number of hydrogen-bond acceptors (Lipinski definition) is 3. The van der Waals surface area contributed by atoms with E-state index in [1.807, 2.05) is 27.6 Å². The van der Waals surface area contributed by atoms with Gasteiger partial charge in [0.2, 0.25) is 0 Å². The standard InChI is InChI=1S/C10H19NO2.CH2O/c1-10(2,3)13-9(12)11-7-5-4-6-8-11;1-2/h4-8H2,1-3H3;1H2. The highest BCUT2D eigenvalue weighted by atomic mass is 16.6. The Morgan fingerprint density at radius 3 is 2.00 bits per heavy atom. The number of amides is 1. The molecular formula is C11H21NO3. The summed E-state index contributed by atoms with van der Waals surface area (Å²) in [6.45, 7) is 9.41.